The number of hydrogen-bond acceptors (Lipinski definition) is 4. The van der Waals surface area contributed by atoms with Gasteiger partial charge in [0.15, 0.2) is 0 Å². The quantitative estimate of drug-likeness (QED) is 0.688. The normalized spacial score (nSPS) is 22.1. The summed E-state index contributed by atoms with van der Waals surface area (Å²) in [4.78, 5) is 29.3. The summed E-state index contributed by atoms with van der Waals surface area (Å²) in [6, 6.07) is 13.2. The topological polar surface area (TPSA) is 78.0 Å². The highest BCUT2D eigenvalue weighted by Crippen LogP contribution is 2.41. The lowest BCUT2D eigenvalue weighted by Crippen LogP contribution is -2.53. The maximum Gasteiger partial charge on any atom is 0.235 e. The third kappa shape index (κ3) is 3.80. The van der Waals surface area contributed by atoms with Crippen molar-refractivity contribution in [3.63, 3.8) is 0 Å². The predicted octanol–water partition coefficient (Wildman–Crippen LogP) is 3.78. The lowest BCUT2D eigenvalue weighted by Gasteiger charge is -2.43. The molecule has 0 aromatic heterocycles. The zero-order chi connectivity index (χ0) is 23.3. The van der Waals surface area contributed by atoms with Crippen LogP contribution in [0.2, 0.25) is 0 Å². The van der Waals surface area contributed by atoms with Gasteiger partial charge in [0.25, 0.3) is 0 Å². The number of nitrogens with zero attached hydrogens (tertiary/aromatic N) is 3. The van der Waals surface area contributed by atoms with Crippen molar-refractivity contribution in [2.45, 2.75) is 45.6 Å². The summed E-state index contributed by atoms with van der Waals surface area (Å²) in [7, 11) is -3.27. The van der Waals surface area contributed by atoms with Gasteiger partial charge >= 0.3 is 0 Å². The zero-order valence-corrected chi connectivity index (χ0v) is 19.8. The molecule has 0 N–H and O–H groups in total. The van der Waals surface area contributed by atoms with E-state index >= 15 is 0 Å². The van der Waals surface area contributed by atoms with Gasteiger partial charge in [-0.2, -0.15) is 0 Å². The molecule has 0 unspecified atom stereocenters. The number of carbonyl (C=O) groups excluding carboxylic acids is 2. The second kappa shape index (κ2) is 8.17. The van der Waals surface area contributed by atoms with Crippen LogP contribution in [0.1, 0.15) is 39.5 Å². The molecule has 1 saturated heterocycles. The van der Waals surface area contributed by atoms with Crippen LogP contribution in [-0.2, 0) is 19.6 Å². The minimum Gasteiger partial charge on any atom is -0.308 e. The molecule has 1 saturated carbocycles. The van der Waals surface area contributed by atoms with Crippen LogP contribution in [0, 0.1) is 5.92 Å². The molecule has 0 spiro atoms. The minimum atomic E-state index is -3.27. The van der Waals surface area contributed by atoms with Crippen molar-refractivity contribution in [2.75, 3.05) is 32.9 Å². The molecule has 0 radical (unpaired) electrons. The van der Waals surface area contributed by atoms with Gasteiger partial charge in [-0.25, -0.2) is 8.42 Å². The number of benzene rings is 2. The standard InChI is InChI=1S/C25H29N3O4S/c1-17-16-26(25(30)19-6-3-7-19)24-15-21(10-11-23(24)28(17)18(2)29)20-8-4-9-22(14-20)27-12-5-13-33(27,31)32/h4,8-11,14-15,17,19H,3,5-7,12-13,16H2,1-2H3/t17-/m0/s1. The van der Waals surface area contributed by atoms with E-state index in [4.69, 9.17) is 0 Å². The van der Waals surface area contributed by atoms with Crippen molar-refractivity contribution in [3.05, 3.63) is 42.5 Å². The average molecular weight is 468 g/mol. The maximum atomic E-state index is 13.3. The van der Waals surface area contributed by atoms with Crippen molar-refractivity contribution in [1.29, 1.82) is 0 Å². The molecule has 3 aliphatic rings. The fourth-order valence-electron chi connectivity index (χ4n) is 5.14. The van der Waals surface area contributed by atoms with Crippen molar-refractivity contribution < 1.29 is 18.0 Å². The first-order valence-electron chi connectivity index (χ1n) is 11.6. The van der Waals surface area contributed by atoms with E-state index in [1.165, 1.54) is 4.31 Å². The SMILES string of the molecule is CC(=O)N1c2ccc(-c3cccc(N4CCCS4(=O)=O)c3)cc2N(C(=O)C2CCC2)C[C@@H]1C. The van der Waals surface area contributed by atoms with Crippen LogP contribution >= 0.6 is 0 Å². The highest BCUT2D eigenvalue weighted by Gasteiger charge is 2.38. The maximum absolute atomic E-state index is 13.3. The second-order valence-corrected chi connectivity index (χ2v) is 11.3. The largest absolute Gasteiger partial charge is 0.308 e. The molecule has 5 rings (SSSR count). The van der Waals surface area contributed by atoms with E-state index in [0.29, 0.717) is 25.2 Å². The van der Waals surface area contributed by atoms with Gasteiger partial charge in [-0.1, -0.05) is 24.6 Å². The number of carbonyl (C=O) groups is 2. The third-order valence-corrected chi connectivity index (χ3v) is 8.91. The van der Waals surface area contributed by atoms with Crippen molar-refractivity contribution >= 4 is 38.9 Å². The summed E-state index contributed by atoms with van der Waals surface area (Å²) in [5, 5.41) is 0. The van der Waals surface area contributed by atoms with Gasteiger partial charge in [-0.15, -0.1) is 0 Å². The second-order valence-electron chi connectivity index (χ2n) is 9.31. The third-order valence-electron chi connectivity index (χ3n) is 7.04. The highest BCUT2D eigenvalue weighted by molar-refractivity contribution is 7.93. The van der Waals surface area contributed by atoms with Gasteiger partial charge in [0.1, 0.15) is 0 Å². The summed E-state index contributed by atoms with van der Waals surface area (Å²) in [6.07, 6.45) is 3.55. The molecular weight excluding hydrogens is 438 g/mol. The average Bonchev–Trinajstić information content (AvgIpc) is 3.10. The number of hydrogen-bond donors (Lipinski definition) is 0. The molecule has 0 bridgehead atoms. The Morgan fingerprint density at radius 1 is 0.970 bits per heavy atom. The zero-order valence-electron chi connectivity index (χ0n) is 19.0. The van der Waals surface area contributed by atoms with Crippen LogP contribution in [0.4, 0.5) is 17.1 Å². The summed E-state index contributed by atoms with van der Waals surface area (Å²) in [5.41, 5.74) is 3.91. The van der Waals surface area contributed by atoms with Gasteiger partial charge in [0.2, 0.25) is 21.8 Å². The number of amides is 2. The Morgan fingerprint density at radius 3 is 2.36 bits per heavy atom. The Morgan fingerprint density at radius 2 is 1.73 bits per heavy atom. The van der Waals surface area contributed by atoms with E-state index in [-0.39, 0.29) is 29.5 Å². The van der Waals surface area contributed by atoms with Gasteiger partial charge < -0.3 is 9.80 Å². The first-order chi connectivity index (χ1) is 15.8. The number of rotatable bonds is 3. The summed E-state index contributed by atoms with van der Waals surface area (Å²) < 4.78 is 26.3. The first kappa shape index (κ1) is 21.9. The van der Waals surface area contributed by atoms with E-state index in [9.17, 15) is 18.0 Å². The predicted molar refractivity (Wildman–Crippen MR) is 130 cm³/mol. The van der Waals surface area contributed by atoms with Crippen molar-refractivity contribution in [2.24, 2.45) is 5.92 Å². The molecule has 1 atom stereocenters. The van der Waals surface area contributed by atoms with E-state index in [2.05, 4.69) is 0 Å². The van der Waals surface area contributed by atoms with Crippen molar-refractivity contribution in [1.82, 2.24) is 0 Å². The van der Waals surface area contributed by atoms with Crippen LogP contribution in [0.15, 0.2) is 42.5 Å². The Labute approximate surface area is 195 Å². The van der Waals surface area contributed by atoms with Crippen LogP contribution in [-0.4, -0.2) is 45.1 Å². The molecule has 2 amide bonds. The number of sulfonamides is 1. The molecule has 8 heteroatoms. The summed E-state index contributed by atoms with van der Waals surface area (Å²) in [5.74, 6) is 0.314. The smallest absolute Gasteiger partial charge is 0.235 e. The summed E-state index contributed by atoms with van der Waals surface area (Å²) >= 11 is 0. The molecular formula is C25H29N3O4S. The monoisotopic (exact) mass is 467 g/mol. The molecule has 1 aliphatic carbocycles. The van der Waals surface area contributed by atoms with E-state index < -0.39 is 10.0 Å². The Kier molecular flexibility index (Phi) is 5.43. The fraction of sp³-hybridized carbons (Fsp3) is 0.440. The molecule has 33 heavy (non-hydrogen) atoms. The van der Waals surface area contributed by atoms with E-state index in [1.807, 2.05) is 54.3 Å². The minimum absolute atomic E-state index is 0.0477. The van der Waals surface area contributed by atoms with Crippen LogP contribution in [0.25, 0.3) is 11.1 Å². The van der Waals surface area contributed by atoms with Crippen molar-refractivity contribution in [3.8, 4) is 11.1 Å². The molecule has 174 valence electrons. The first-order valence-corrected chi connectivity index (χ1v) is 13.2. The van der Waals surface area contributed by atoms with Crippen LogP contribution in [0.5, 0.6) is 0 Å². The van der Waals surface area contributed by atoms with Gasteiger partial charge in [0.05, 0.1) is 28.9 Å². The lowest BCUT2D eigenvalue weighted by atomic mass is 9.84. The van der Waals surface area contributed by atoms with Crippen LogP contribution < -0.4 is 14.1 Å². The highest BCUT2D eigenvalue weighted by atomic mass is 32.2. The Hall–Kier alpha value is -2.87. The molecule has 2 aromatic carbocycles. The fourth-order valence-corrected chi connectivity index (χ4v) is 6.70. The van der Waals surface area contributed by atoms with Gasteiger partial charge in [-0.05, 0) is 61.6 Å². The van der Waals surface area contributed by atoms with E-state index in [1.54, 1.807) is 11.8 Å². The van der Waals surface area contributed by atoms with Gasteiger partial charge in [0, 0.05) is 25.9 Å². The van der Waals surface area contributed by atoms with Gasteiger partial charge in [-0.3, -0.25) is 13.9 Å². The molecule has 7 nitrogen and oxygen atoms in total. The number of fused-ring (bicyclic) bond motifs is 1. The molecule has 2 aliphatic heterocycles. The van der Waals surface area contributed by atoms with E-state index in [0.717, 1.165) is 41.8 Å². The molecule has 2 aromatic rings. The Bertz CT molecular complexity index is 1220. The molecule has 2 fully saturated rings. The lowest BCUT2D eigenvalue weighted by molar-refractivity contribution is -0.125. The molecule has 2 heterocycles. The van der Waals surface area contributed by atoms with Crippen LogP contribution in [0.3, 0.4) is 0 Å². The Balaban J connectivity index is 1.57. The number of anilines is 3. The summed E-state index contributed by atoms with van der Waals surface area (Å²) in [6.45, 7) is 4.49.